The summed E-state index contributed by atoms with van der Waals surface area (Å²) in [5.74, 6) is 1.18. The molecular weight excluding hydrogens is 270 g/mol. The van der Waals surface area contributed by atoms with E-state index in [1.165, 1.54) is 0 Å². The predicted molar refractivity (Wildman–Crippen MR) is 78.9 cm³/mol. The minimum absolute atomic E-state index is 0.00556. The zero-order valence-corrected chi connectivity index (χ0v) is 11.7. The van der Waals surface area contributed by atoms with Crippen molar-refractivity contribution in [2.45, 2.75) is 6.42 Å². The Balaban J connectivity index is 2.05. The fourth-order valence-corrected chi connectivity index (χ4v) is 1.81. The van der Waals surface area contributed by atoms with Gasteiger partial charge in [-0.1, -0.05) is 11.2 Å². The summed E-state index contributed by atoms with van der Waals surface area (Å²) in [5, 5.41) is 11.7. The van der Waals surface area contributed by atoms with Gasteiger partial charge in [-0.25, -0.2) is 0 Å². The number of hydrogen-bond donors (Lipinski definition) is 2. The molecule has 0 unspecified atom stereocenters. The summed E-state index contributed by atoms with van der Waals surface area (Å²) < 4.78 is 10.9. The number of ether oxygens (including phenoxy) is 2. The monoisotopic (exact) mass is 287 g/mol. The van der Waals surface area contributed by atoms with Crippen molar-refractivity contribution in [3.63, 3.8) is 0 Å². The molecule has 1 heterocycles. The molecule has 0 bridgehead atoms. The van der Waals surface area contributed by atoms with Gasteiger partial charge < -0.3 is 20.4 Å². The predicted octanol–water partition coefficient (Wildman–Crippen LogP) is 1.81. The average Bonchev–Trinajstić information content (AvgIpc) is 2.54. The van der Waals surface area contributed by atoms with E-state index in [2.05, 4.69) is 10.1 Å². The lowest BCUT2D eigenvalue weighted by Gasteiger charge is -2.10. The highest BCUT2D eigenvalue weighted by Gasteiger charge is 2.06. The molecule has 0 amide bonds. The molecule has 21 heavy (non-hydrogen) atoms. The molecule has 0 aliphatic rings. The number of nitrogens with zero attached hydrogens (tertiary/aromatic N) is 2. The Kier molecular flexibility index (Phi) is 4.98. The molecule has 3 N–H and O–H groups in total. The Morgan fingerprint density at radius 1 is 1.33 bits per heavy atom. The second-order valence-corrected chi connectivity index (χ2v) is 4.34. The number of benzene rings is 1. The second kappa shape index (κ2) is 7.14. The maximum atomic E-state index is 8.74. The average molecular weight is 287 g/mol. The van der Waals surface area contributed by atoms with E-state index in [0.717, 1.165) is 12.0 Å². The van der Waals surface area contributed by atoms with Gasteiger partial charge in [0.05, 0.1) is 13.7 Å². The Morgan fingerprint density at radius 2 is 2.14 bits per heavy atom. The zero-order chi connectivity index (χ0) is 15.1. The van der Waals surface area contributed by atoms with Gasteiger partial charge in [0, 0.05) is 30.4 Å². The molecule has 1 aromatic heterocycles. The molecule has 0 atom stereocenters. The van der Waals surface area contributed by atoms with E-state index in [9.17, 15) is 0 Å². The smallest absolute Gasteiger partial charge is 0.170 e. The number of oxime groups is 1. The van der Waals surface area contributed by atoms with Crippen LogP contribution in [0, 0.1) is 0 Å². The molecule has 0 saturated heterocycles. The van der Waals surface area contributed by atoms with Crippen LogP contribution in [0.3, 0.4) is 0 Å². The molecule has 0 radical (unpaired) electrons. The third-order valence-corrected chi connectivity index (χ3v) is 2.90. The summed E-state index contributed by atoms with van der Waals surface area (Å²) in [4.78, 5) is 4.05. The molecular formula is C15H17N3O3. The Hall–Kier alpha value is -2.76. The summed E-state index contributed by atoms with van der Waals surface area (Å²) >= 11 is 0. The first kappa shape index (κ1) is 14.6. The van der Waals surface area contributed by atoms with Crippen LogP contribution in [-0.4, -0.2) is 29.7 Å². The van der Waals surface area contributed by atoms with Crippen molar-refractivity contribution in [2.75, 3.05) is 13.7 Å². The van der Waals surface area contributed by atoms with Gasteiger partial charge in [-0.05, 0) is 23.8 Å². The Labute approximate surface area is 122 Å². The number of aromatic nitrogens is 1. The van der Waals surface area contributed by atoms with E-state index in [1.54, 1.807) is 37.7 Å². The number of rotatable bonds is 6. The van der Waals surface area contributed by atoms with Crippen molar-refractivity contribution < 1.29 is 14.7 Å². The highest BCUT2D eigenvalue weighted by atomic mass is 16.5. The first-order valence-electron chi connectivity index (χ1n) is 6.41. The number of pyridine rings is 1. The number of hydrogen-bond acceptors (Lipinski definition) is 5. The highest BCUT2D eigenvalue weighted by Crippen LogP contribution is 2.23. The number of amidine groups is 1. The molecule has 0 aliphatic carbocycles. The largest absolute Gasteiger partial charge is 0.497 e. The first-order chi connectivity index (χ1) is 10.2. The Morgan fingerprint density at radius 3 is 2.81 bits per heavy atom. The lowest BCUT2D eigenvalue weighted by Crippen LogP contribution is -2.13. The summed E-state index contributed by atoms with van der Waals surface area (Å²) in [5.41, 5.74) is 7.22. The van der Waals surface area contributed by atoms with Gasteiger partial charge in [-0.15, -0.1) is 0 Å². The Bertz CT molecular complexity index is 615. The van der Waals surface area contributed by atoms with Crippen LogP contribution in [0.5, 0.6) is 11.5 Å². The van der Waals surface area contributed by atoms with Gasteiger partial charge in [-0.2, -0.15) is 0 Å². The lowest BCUT2D eigenvalue weighted by atomic mass is 10.2. The summed E-state index contributed by atoms with van der Waals surface area (Å²) in [6, 6.07) is 8.99. The molecule has 2 rings (SSSR count). The van der Waals surface area contributed by atoms with Gasteiger partial charge >= 0.3 is 0 Å². The van der Waals surface area contributed by atoms with Crippen LogP contribution >= 0.6 is 0 Å². The second-order valence-electron chi connectivity index (χ2n) is 4.34. The zero-order valence-electron chi connectivity index (χ0n) is 11.7. The van der Waals surface area contributed by atoms with Crippen LogP contribution in [0.4, 0.5) is 0 Å². The van der Waals surface area contributed by atoms with E-state index >= 15 is 0 Å². The summed E-state index contributed by atoms with van der Waals surface area (Å²) in [6.45, 7) is 0.495. The van der Waals surface area contributed by atoms with Crippen molar-refractivity contribution in [3.8, 4) is 11.5 Å². The van der Waals surface area contributed by atoms with Crippen molar-refractivity contribution in [1.29, 1.82) is 0 Å². The van der Waals surface area contributed by atoms with Crippen molar-refractivity contribution in [3.05, 3.63) is 53.9 Å². The van der Waals surface area contributed by atoms with E-state index in [-0.39, 0.29) is 5.84 Å². The lowest BCUT2D eigenvalue weighted by molar-refractivity contribution is 0.316. The van der Waals surface area contributed by atoms with Gasteiger partial charge in [-0.3, -0.25) is 4.98 Å². The molecule has 2 aromatic rings. The fraction of sp³-hybridized carbons (Fsp3) is 0.200. The van der Waals surface area contributed by atoms with Crippen molar-refractivity contribution in [2.24, 2.45) is 10.9 Å². The SMILES string of the molecule is COc1cc(OCCc2cccnc2)cc(/C(N)=N/O)c1. The minimum Gasteiger partial charge on any atom is -0.497 e. The van der Waals surface area contributed by atoms with Gasteiger partial charge in [0.1, 0.15) is 11.5 Å². The van der Waals surface area contributed by atoms with E-state index in [1.807, 2.05) is 12.1 Å². The van der Waals surface area contributed by atoms with Crippen LogP contribution in [0.1, 0.15) is 11.1 Å². The third kappa shape index (κ3) is 4.10. The molecule has 6 nitrogen and oxygen atoms in total. The van der Waals surface area contributed by atoms with Crippen LogP contribution in [0.2, 0.25) is 0 Å². The van der Waals surface area contributed by atoms with Crippen molar-refractivity contribution in [1.82, 2.24) is 4.98 Å². The summed E-state index contributed by atoms with van der Waals surface area (Å²) in [7, 11) is 1.55. The summed E-state index contributed by atoms with van der Waals surface area (Å²) in [6.07, 6.45) is 4.27. The maximum absolute atomic E-state index is 8.74. The normalized spacial score (nSPS) is 11.2. The maximum Gasteiger partial charge on any atom is 0.170 e. The van der Waals surface area contributed by atoms with Crippen LogP contribution in [0.15, 0.2) is 47.9 Å². The molecule has 1 aromatic carbocycles. The van der Waals surface area contributed by atoms with Crippen LogP contribution in [0.25, 0.3) is 0 Å². The molecule has 110 valence electrons. The topological polar surface area (TPSA) is 90.0 Å². The van der Waals surface area contributed by atoms with Gasteiger partial charge in [0.25, 0.3) is 0 Å². The molecule has 0 spiro atoms. The fourth-order valence-electron chi connectivity index (χ4n) is 1.81. The first-order valence-corrected chi connectivity index (χ1v) is 6.41. The molecule has 6 heteroatoms. The van der Waals surface area contributed by atoms with Crippen LogP contribution in [-0.2, 0) is 6.42 Å². The minimum atomic E-state index is 0.00556. The van der Waals surface area contributed by atoms with E-state index in [0.29, 0.717) is 23.7 Å². The molecule has 0 aliphatic heterocycles. The van der Waals surface area contributed by atoms with Gasteiger partial charge in [0.2, 0.25) is 0 Å². The standard InChI is InChI=1S/C15H17N3O3/c1-20-13-7-12(15(16)18-19)8-14(9-13)21-6-4-11-3-2-5-17-10-11/h2-3,5,7-10,19H,4,6H2,1H3,(H2,16,18). The van der Waals surface area contributed by atoms with E-state index in [4.69, 9.17) is 20.4 Å². The van der Waals surface area contributed by atoms with Crippen molar-refractivity contribution >= 4 is 5.84 Å². The quantitative estimate of drug-likeness (QED) is 0.366. The molecule has 0 fully saturated rings. The van der Waals surface area contributed by atoms with E-state index < -0.39 is 0 Å². The van der Waals surface area contributed by atoms with Crippen LogP contribution < -0.4 is 15.2 Å². The van der Waals surface area contributed by atoms with Gasteiger partial charge in [0.15, 0.2) is 5.84 Å². The third-order valence-electron chi connectivity index (χ3n) is 2.90. The number of nitrogens with two attached hydrogens (primary N) is 1. The molecule has 0 saturated carbocycles. The number of methoxy groups -OCH3 is 1. The highest BCUT2D eigenvalue weighted by molar-refractivity contribution is 5.97.